The lowest BCUT2D eigenvalue weighted by Crippen LogP contribution is -2.49. The molecule has 2 aromatic carbocycles. The molecule has 1 atom stereocenters. The van der Waals surface area contributed by atoms with Crippen molar-refractivity contribution in [1.82, 2.24) is 10.2 Å². The van der Waals surface area contributed by atoms with Crippen molar-refractivity contribution in [1.29, 1.82) is 0 Å². The summed E-state index contributed by atoms with van der Waals surface area (Å²) in [6, 6.07) is 15.6. The highest BCUT2D eigenvalue weighted by Gasteiger charge is 2.28. The molecule has 1 aliphatic rings. The Labute approximate surface area is 203 Å². The van der Waals surface area contributed by atoms with Gasteiger partial charge in [-0.3, -0.25) is 9.59 Å². The van der Waals surface area contributed by atoms with Crippen molar-refractivity contribution in [2.75, 3.05) is 0 Å². The average molecular weight is 469 g/mol. The highest BCUT2D eigenvalue weighted by Crippen LogP contribution is 2.24. The molecule has 0 unspecified atom stereocenters. The molecule has 1 aliphatic carbocycles. The van der Waals surface area contributed by atoms with E-state index in [-0.39, 0.29) is 23.3 Å². The molecular weight excluding hydrogens is 432 g/mol. The molecule has 1 N–H and O–H groups in total. The summed E-state index contributed by atoms with van der Waals surface area (Å²) in [6.45, 7) is 8.71. The molecule has 178 valence electrons. The fraction of sp³-hybridized carbons (Fsp3) is 0.500. The Morgan fingerprint density at radius 2 is 1.70 bits per heavy atom. The van der Waals surface area contributed by atoms with Gasteiger partial charge in [0.25, 0.3) is 0 Å². The summed E-state index contributed by atoms with van der Waals surface area (Å²) in [5.41, 5.74) is 3.34. The summed E-state index contributed by atoms with van der Waals surface area (Å²) in [7, 11) is 0. The summed E-state index contributed by atoms with van der Waals surface area (Å²) < 4.78 is 0. The molecule has 0 radical (unpaired) electrons. The Bertz CT molecular complexity index is 943. The SMILES string of the molecule is C[C@H](C(=O)NC1CCCC1)N(Cc1ccccc1Cl)C(=O)CCc1ccc(C(C)(C)C)cc1. The summed E-state index contributed by atoms with van der Waals surface area (Å²) >= 11 is 6.38. The highest BCUT2D eigenvalue weighted by atomic mass is 35.5. The third kappa shape index (κ3) is 7.07. The van der Waals surface area contributed by atoms with Crippen LogP contribution < -0.4 is 5.32 Å². The Kier molecular flexibility index (Phi) is 8.58. The predicted molar refractivity (Wildman–Crippen MR) is 135 cm³/mol. The molecule has 2 aromatic rings. The molecule has 2 amide bonds. The summed E-state index contributed by atoms with van der Waals surface area (Å²) in [6.07, 6.45) is 5.31. The minimum Gasteiger partial charge on any atom is -0.352 e. The molecule has 0 aromatic heterocycles. The van der Waals surface area contributed by atoms with Crippen molar-refractivity contribution in [2.45, 2.75) is 90.3 Å². The van der Waals surface area contributed by atoms with Gasteiger partial charge in [0.1, 0.15) is 6.04 Å². The Morgan fingerprint density at radius 3 is 2.30 bits per heavy atom. The number of nitrogens with one attached hydrogen (secondary N) is 1. The number of hydrogen-bond donors (Lipinski definition) is 1. The summed E-state index contributed by atoms with van der Waals surface area (Å²) in [4.78, 5) is 28.0. The van der Waals surface area contributed by atoms with Gasteiger partial charge in [0.05, 0.1) is 0 Å². The first-order chi connectivity index (χ1) is 15.6. The molecule has 5 heteroatoms. The van der Waals surface area contributed by atoms with Crippen molar-refractivity contribution < 1.29 is 9.59 Å². The van der Waals surface area contributed by atoms with Crippen LogP contribution in [0.3, 0.4) is 0 Å². The highest BCUT2D eigenvalue weighted by molar-refractivity contribution is 6.31. The lowest BCUT2D eigenvalue weighted by molar-refractivity contribution is -0.140. The second kappa shape index (κ2) is 11.2. The molecule has 0 saturated heterocycles. The van der Waals surface area contributed by atoms with E-state index in [1.54, 1.807) is 4.90 Å². The predicted octanol–water partition coefficient (Wildman–Crippen LogP) is 6.05. The van der Waals surface area contributed by atoms with E-state index in [1.165, 1.54) is 5.56 Å². The molecule has 4 nitrogen and oxygen atoms in total. The van der Waals surface area contributed by atoms with Gasteiger partial charge in [0.15, 0.2) is 0 Å². The number of amides is 2. The third-order valence-electron chi connectivity index (χ3n) is 6.61. The topological polar surface area (TPSA) is 49.4 Å². The smallest absolute Gasteiger partial charge is 0.242 e. The second-order valence-corrected chi connectivity index (χ2v) is 10.6. The van der Waals surface area contributed by atoms with Gasteiger partial charge in [-0.15, -0.1) is 0 Å². The third-order valence-corrected chi connectivity index (χ3v) is 6.98. The van der Waals surface area contributed by atoms with Gasteiger partial charge in [-0.05, 0) is 54.4 Å². The number of carbonyl (C=O) groups excluding carboxylic acids is 2. The number of hydrogen-bond acceptors (Lipinski definition) is 2. The number of benzene rings is 2. The van der Waals surface area contributed by atoms with Crippen LogP contribution in [0.1, 0.15) is 76.5 Å². The van der Waals surface area contributed by atoms with Crippen molar-refractivity contribution in [2.24, 2.45) is 0 Å². The number of nitrogens with zero attached hydrogens (tertiary/aromatic N) is 1. The zero-order valence-corrected chi connectivity index (χ0v) is 21.1. The average Bonchev–Trinajstić information content (AvgIpc) is 3.29. The van der Waals surface area contributed by atoms with Gasteiger partial charge >= 0.3 is 0 Å². The number of halogens is 1. The zero-order valence-electron chi connectivity index (χ0n) is 20.4. The minimum absolute atomic E-state index is 0.0381. The van der Waals surface area contributed by atoms with Gasteiger partial charge in [-0.25, -0.2) is 0 Å². The molecule has 33 heavy (non-hydrogen) atoms. The van der Waals surface area contributed by atoms with E-state index >= 15 is 0 Å². The van der Waals surface area contributed by atoms with Crippen molar-refractivity contribution in [3.63, 3.8) is 0 Å². The maximum absolute atomic E-state index is 13.3. The van der Waals surface area contributed by atoms with Crippen LogP contribution in [0.4, 0.5) is 0 Å². The molecule has 0 heterocycles. The fourth-order valence-electron chi connectivity index (χ4n) is 4.35. The van der Waals surface area contributed by atoms with Crippen molar-refractivity contribution in [3.8, 4) is 0 Å². The quantitative estimate of drug-likeness (QED) is 0.513. The van der Waals surface area contributed by atoms with Crippen LogP contribution in [0, 0.1) is 0 Å². The van der Waals surface area contributed by atoms with Crippen LogP contribution in [0.15, 0.2) is 48.5 Å². The molecule has 3 rings (SSSR count). The Balaban J connectivity index is 1.70. The first-order valence-corrected chi connectivity index (χ1v) is 12.5. The maximum atomic E-state index is 13.3. The van der Waals surface area contributed by atoms with Gasteiger partial charge in [0.2, 0.25) is 11.8 Å². The molecule has 0 bridgehead atoms. The van der Waals surface area contributed by atoms with Crippen molar-refractivity contribution >= 4 is 23.4 Å². The fourth-order valence-corrected chi connectivity index (χ4v) is 4.55. The molecular formula is C28H37ClN2O2. The first kappa shape index (κ1) is 25.3. The van der Waals surface area contributed by atoms with E-state index in [0.717, 1.165) is 36.8 Å². The van der Waals surface area contributed by atoms with Gasteiger partial charge in [0, 0.05) is 24.0 Å². The molecule has 1 saturated carbocycles. The summed E-state index contributed by atoms with van der Waals surface area (Å²) in [5, 5.41) is 3.75. The number of aryl methyl sites for hydroxylation is 1. The van der Waals surface area contributed by atoms with E-state index in [2.05, 4.69) is 50.4 Å². The standard InChI is InChI=1S/C28H37ClN2O2/c1-20(27(33)30-24-10-6-7-11-24)31(19-22-9-5-8-12-25(22)29)26(32)18-15-21-13-16-23(17-14-21)28(2,3)4/h5,8-9,12-14,16-17,20,24H,6-7,10-11,15,18-19H2,1-4H3,(H,30,33)/t20-/m1/s1. The van der Waals surface area contributed by atoms with E-state index in [4.69, 9.17) is 11.6 Å². The van der Waals surface area contributed by atoms with Crippen LogP contribution in [-0.4, -0.2) is 28.8 Å². The lowest BCUT2D eigenvalue weighted by atomic mass is 9.86. The molecule has 0 spiro atoms. The van der Waals surface area contributed by atoms with Crippen LogP contribution >= 0.6 is 11.6 Å². The summed E-state index contributed by atoms with van der Waals surface area (Å²) in [5.74, 6) is -0.124. The van der Waals surface area contributed by atoms with Crippen LogP contribution in [0.5, 0.6) is 0 Å². The van der Waals surface area contributed by atoms with Crippen LogP contribution in [0.25, 0.3) is 0 Å². The largest absolute Gasteiger partial charge is 0.352 e. The Morgan fingerprint density at radius 1 is 1.06 bits per heavy atom. The van der Waals surface area contributed by atoms with E-state index in [9.17, 15) is 9.59 Å². The zero-order chi connectivity index (χ0) is 24.0. The number of carbonyl (C=O) groups is 2. The van der Waals surface area contributed by atoms with Crippen LogP contribution in [-0.2, 0) is 28.0 Å². The van der Waals surface area contributed by atoms with Crippen molar-refractivity contribution in [3.05, 3.63) is 70.2 Å². The van der Waals surface area contributed by atoms with Crippen LogP contribution in [0.2, 0.25) is 5.02 Å². The Hall–Kier alpha value is -2.33. The normalized spacial score (nSPS) is 15.3. The van der Waals surface area contributed by atoms with E-state index in [1.807, 2.05) is 31.2 Å². The maximum Gasteiger partial charge on any atom is 0.242 e. The van der Waals surface area contributed by atoms with Gasteiger partial charge in [-0.2, -0.15) is 0 Å². The second-order valence-electron chi connectivity index (χ2n) is 10.2. The minimum atomic E-state index is -0.558. The molecule has 0 aliphatic heterocycles. The van der Waals surface area contributed by atoms with E-state index in [0.29, 0.717) is 24.4 Å². The lowest BCUT2D eigenvalue weighted by Gasteiger charge is -2.30. The molecule has 1 fully saturated rings. The van der Waals surface area contributed by atoms with E-state index < -0.39 is 6.04 Å². The van der Waals surface area contributed by atoms with Gasteiger partial charge < -0.3 is 10.2 Å². The van der Waals surface area contributed by atoms with Gasteiger partial charge in [-0.1, -0.05) is 87.7 Å². The first-order valence-electron chi connectivity index (χ1n) is 12.1. The number of rotatable bonds is 8. The monoisotopic (exact) mass is 468 g/mol.